The van der Waals surface area contributed by atoms with Gasteiger partial charge in [-0.1, -0.05) is 13.8 Å². The van der Waals surface area contributed by atoms with Gasteiger partial charge in [0.2, 0.25) is 0 Å². The van der Waals surface area contributed by atoms with Crippen molar-refractivity contribution in [2.45, 2.75) is 45.7 Å². The number of rotatable bonds is 3. The van der Waals surface area contributed by atoms with Crippen molar-refractivity contribution in [3.8, 4) is 0 Å². The van der Waals surface area contributed by atoms with Gasteiger partial charge >= 0.3 is 0 Å². The normalized spacial score (nSPS) is 32.2. The Bertz CT molecular complexity index is 125. The van der Waals surface area contributed by atoms with E-state index in [-0.39, 0.29) is 0 Å². The maximum Gasteiger partial charge on any atom is 0.0218 e. The highest BCUT2D eigenvalue weighted by molar-refractivity contribution is 4.82. The SMILES string of the molecule is CCCN1C[C@@H](C)NC[C@@H]1CC. The Hall–Kier alpha value is -0.0800. The molecule has 0 radical (unpaired) electrons. The molecular weight excluding hydrogens is 148 g/mol. The van der Waals surface area contributed by atoms with Crippen LogP contribution >= 0.6 is 0 Å². The Morgan fingerprint density at radius 2 is 2.17 bits per heavy atom. The van der Waals surface area contributed by atoms with Gasteiger partial charge in [0, 0.05) is 25.2 Å². The predicted molar refractivity (Wildman–Crippen MR) is 53.4 cm³/mol. The molecule has 0 unspecified atom stereocenters. The first-order chi connectivity index (χ1) is 5.77. The number of hydrogen-bond acceptors (Lipinski definition) is 2. The second-order valence-electron chi connectivity index (χ2n) is 3.87. The molecule has 0 aromatic carbocycles. The highest BCUT2D eigenvalue weighted by Crippen LogP contribution is 2.10. The van der Waals surface area contributed by atoms with Crippen LogP contribution in [-0.2, 0) is 0 Å². The monoisotopic (exact) mass is 170 g/mol. The first kappa shape index (κ1) is 10.0. The summed E-state index contributed by atoms with van der Waals surface area (Å²) in [6, 6.07) is 1.46. The van der Waals surface area contributed by atoms with Crippen LogP contribution in [0.15, 0.2) is 0 Å². The maximum atomic E-state index is 3.53. The topological polar surface area (TPSA) is 15.3 Å². The van der Waals surface area contributed by atoms with Crippen molar-refractivity contribution in [3.05, 3.63) is 0 Å². The number of nitrogens with zero attached hydrogens (tertiary/aromatic N) is 1. The molecule has 1 fully saturated rings. The summed E-state index contributed by atoms with van der Waals surface area (Å²) in [6.45, 7) is 10.5. The Morgan fingerprint density at radius 1 is 1.42 bits per heavy atom. The molecule has 2 atom stereocenters. The van der Waals surface area contributed by atoms with E-state index in [0.717, 1.165) is 6.04 Å². The molecule has 1 aliphatic rings. The molecule has 1 aliphatic heterocycles. The Morgan fingerprint density at radius 3 is 2.75 bits per heavy atom. The fourth-order valence-electron chi connectivity index (χ4n) is 2.00. The smallest absolute Gasteiger partial charge is 0.0218 e. The Labute approximate surface area is 76.3 Å². The molecule has 0 amide bonds. The summed E-state index contributed by atoms with van der Waals surface area (Å²) >= 11 is 0. The summed E-state index contributed by atoms with van der Waals surface area (Å²) in [5, 5.41) is 3.53. The summed E-state index contributed by atoms with van der Waals surface area (Å²) in [4.78, 5) is 2.63. The van der Waals surface area contributed by atoms with Gasteiger partial charge < -0.3 is 5.32 Å². The number of hydrogen-bond donors (Lipinski definition) is 1. The minimum atomic E-state index is 0.680. The lowest BCUT2D eigenvalue weighted by Crippen LogP contribution is -2.55. The quantitative estimate of drug-likeness (QED) is 0.690. The molecular formula is C10H22N2. The van der Waals surface area contributed by atoms with E-state index in [0.29, 0.717) is 6.04 Å². The van der Waals surface area contributed by atoms with Crippen LogP contribution in [0.4, 0.5) is 0 Å². The van der Waals surface area contributed by atoms with Crippen molar-refractivity contribution in [2.75, 3.05) is 19.6 Å². The van der Waals surface area contributed by atoms with E-state index in [2.05, 4.69) is 31.0 Å². The summed E-state index contributed by atoms with van der Waals surface area (Å²) in [5.41, 5.74) is 0. The lowest BCUT2D eigenvalue weighted by molar-refractivity contribution is 0.132. The molecule has 72 valence electrons. The molecule has 0 aromatic rings. The molecule has 2 heteroatoms. The minimum Gasteiger partial charge on any atom is -0.311 e. The highest BCUT2D eigenvalue weighted by Gasteiger charge is 2.22. The van der Waals surface area contributed by atoms with Crippen LogP contribution in [0.2, 0.25) is 0 Å². The van der Waals surface area contributed by atoms with Gasteiger partial charge in [0.05, 0.1) is 0 Å². The summed E-state index contributed by atoms with van der Waals surface area (Å²) in [6.07, 6.45) is 2.56. The molecule has 0 aliphatic carbocycles. The van der Waals surface area contributed by atoms with Gasteiger partial charge in [0.1, 0.15) is 0 Å². The molecule has 1 N–H and O–H groups in total. The van der Waals surface area contributed by atoms with Crippen molar-refractivity contribution >= 4 is 0 Å². The average molecular weight is 170 g/mol. The molecule has 0 aromatic heterocycles. The van der Waals surface area contributed by atoms with Crippen molar-refractivity contribution < 1.29 is 0 Å². The van der Waals surface area contributed by atoms with E-state index in [1.54, 1.807) is 0 Å². The summed E-state index contributed by atoms with van der Waals surface area (Å²) in [7, 11) is 0. The van der Waals surface area contributed by atoms with Gasteiger partial charge in [-0.2, -0.15) is 0 Å². The lowest BCUT2D eigenvalue weighted by Gasteiger charge is -2.38. The van der Waals surface area contributed by atoms with Crippen molar-refractivity contribution in [2.24, 2.45) is 0 Å². The third kappa shape index (κ3) is 2.46. The second-order valence-corrected chi connectivity index (χ2v) is 3.87. The second kappa shape index (κ2) is 4.83. The zero-order chi connectivity index (χ0) is 8.97. The van der Waals surface area contributed by atoms with E-state index in [1.807, 2.05) is 0 Å². The van der Waals surface area contributed by atoms with Crippen molar-refractivity contribution in [3.63, 3.8) is 0 Å². The Kier molecular flexibility index (Phi) is 4.02. The maximum absolute atomic E-state index is 3.53. The van der Waals surface area contributed by atoms with E-state index >= 15 is 0 Å². The zero-order valence-corrected chi connectivity index (χ0v) is 8.64. The zero-order valence-electron chi connectivity index (χ0n) is 8.64. The van der Waals surface area contributed by atoms with Crippen LogP contribution in [0.3, 0.4) is 0 Å². The number of piperazine rings is 1. The minimum absolute atomic E-state index is 0.680. The van der Waals surface area contributed by atoms with E-state index in [9.17, 15) is 0 Å². The third-order valence-corrected chi connectivity index (χ3v) is 2.71. The molecule has 12 heavy (non-hydrogen) atoms. The molecule has 0 bridgehead atoms. The standard InChI is InChI=1S/C10H22N2/c1-4-6-12-8-9(3)11-7-10(12)5-2/h9-11H,4-8H2,1-3H3/t9-,10+/m1/s1. The van der Waals surface area contributed by atoms with Crippen molar-refractivity contribution in [1.82, 2.24) is 10.2 Å². The van der Waals surface area contributed by atoms with Gasteiger partial charge in [0.15, 0.2) is 0 Å². The number of nitrogens with one attached hydrogen (secondary N) is 1. The van der Waals surface area contributed by atoms with E-state index in [1.165, 1.54) is 32.5 Å². The molecule has 1 heterocycles. The van der Waals surface area contributed by atoms with Crippen LogP contribution in [0.5, 0.6) is 0 Å². The molecule has 1 saturated heterocycles. The van der Waals surface area contributed by atoms with Gasteiger partial charge in [0.25, 0.3) is 0 Å². The lowest BCUT2D eigenvalue weighted by atomic mass is 10.1. The van der Waals surface area contributed by atoms with Crippen LogP contribution < -0.4 is 5.32 Å². The fourth-order valence-corrected chi connectivity index (χ4v) is 2.00. The molecule has 1 rings (SSSR count). The van der Waals surface area contributed by atoms with Crippen LogP contribution in [0.25, 0.3) is 0 Å². The third-order valence-electron chi connectivity index (χ3n) is 2.71. The van der Waals surface area contributed by atoms with Crippen LogP contribution in [-0.4, -0.2) is 36.6 Å². The highest BCUT2D eigenvalue weighted by atomic mass is 15.2. The molecule has 0 saturated carbocycles. The van der Waals surface area contributed by atoms with E-state index in [4.69, 9.17) is 0 Å². The largest absolute Gasteiger partial charge is 0.311 e. The van der Waals surface area contributed by atoms with Gasteiger partial charge in [-0.3, -0.25) is 4.90 Å². The van der Waals surface area contributed by atoms with E-state index < -0.39 is 0 Å². The first-order valence-corrected chi connectivity index (χ1v) is 5.25. The van der Waals surface area contributed by atoms with Gasteiger partial charge in [-0.15, -0.1) is 0 Å². The average Bonchev–Trinajstić information content (AvgIpc) is 2.05. The predicted octanol–water partition coefficient (Wildman–Crippen LogP) is 1.47. The summed E-state index contributed by atoms with van der Waals surface area (Å²) in [5.74, 6) is 0. The summed E-state index contributed by atoms with van der Waals surface area (Å²) < 4.78 is 0. The molecule has 0 spiro atoms. The molecule has 2 nitrogen and oxygen atoms in total. The Balaban J connectivity index is 2.40. The van der Waals surface area contributed by atoms with Crippen LogP contribution in [0.1, 0.15) is 33.6 Å². The van der Waals surface area contributed by atoms with Crippen molar-refractivity contribution in [1.29, 1.82) is 0 Å². The fraction of sp³-hybridized carbons (Fsp3) is 1.00. The first-order valence-electron chi connectivity index (χ1n) is 5.25. The van der Waals surface area contributed by atoms with Gasteiger partial charge in [-0.25, -0.2) is 0 Å². The van der Waals surface area contributed by atoms with Gasteiger partial charge in [-0.05, 0) is 26.3 Å². The van der Waals surface area contributed by atoms with Crippen LogP contribution in [0, 0.1) is 0 Å².